The van der Waals surface area contributed by atoms with Gasteiger partial charge in [0.25, 0.3) is 5.91 Å². The Hall–Kier alpha value is -1.12. The Balaban J connectivity index is 1.90. The number of sulfonamides is 1. The van der Waals surface area contributed by atoms with Crippen LogP contribution in [-0.4, -0.2) is 49.1 Å². The lowest BCUT2D eigenvalue weighted by Crippen LogP contribution is -2.35. The van der Waals surface area contributed by atoms with Crippen LogP contribution in [0.4, 0.5) is 0 Å². The van der Waals surface area contributed by atoms with Crippen molar-refractivity contribution in [3.63, 3.8) is 0 Å². The first-order valence-electron chi connectivity index (χ1n) is 6.15. The zero-order valence-corrected chi connectivity index (χ0v) is 13.1. The molecule has 2 N–H and O–H groups in total. The molecule has 1 amide bonds. The minimum absolute atomic E-state index is 0.120. The lowest BCUT2D eigenvalue weighted by Gasteiger charge is -2.14. The maximum Gasteiger partial charge on any atom is 0.255 e. The smallest absolute Gasteiger partial charge is 0.255 e. The molecule has 0 atom stereocenters. The number of carbonyl (C=O) groups is 1. The summed E-state index contributed by atoms with van der Waals surface area (Å²) in [5, 5.41) is 12.3. The van der Waals surface area contributed by atoms with E-state index in [9.17, 15) is 18.3 Å². The Morgan fingerprint density at radius 3 is 2.80 bits per heavy atom. The fourth-order valence-electron chi connectivity index (χ4n) is 2.03. The van der Waals surface area contributed by atoms with Crippen LogP contribution in [0.1, 0.15) is 16.8 Å². The van der Waals surface area contributed by atoms with Crippen molar-refractivity contribution >= 4 is 31.9 Å². The Morgan fingerprint density at radius 1 is 1.45 bits per heavy atom. The molecule has 0 radical (unpaired) electrons. The first kappa shape index (κ1) is 15.3. The van der Waals surface area contributed by atoms with Crippen molar-refractivity contribution in [2.45, 2.75) is 6.42 Å². The fraction of sp³-hybridized carbons (Fsp3) is 0.417. The number of phenolic OH excluding ortho intramolecular Hbond substituents is 1. The summed E-state index contributed by atoms with van der Waals surface area (Å²) in [5.41, 5.74) is 0.164. The number of phenols is 1. The van der Waals surface area contributed by atoms with Crippen LogP contribution < -0.4 is 5.32 Å². The molecule has 110 valence electrons. The third-order valence-corrected chi connectivity index (χ3v) is 5.50. The molecule has 1 fully saturated rings. The van der Waals surface area contributed by atoms with Crippen LogP contribution >= 0.6 is 15.9 Å². The number of hydrogen-bond acceptors (Lipinski definition) is 4. The van der Waals surface area contributed by atoms with Gasteiger partial charge in [0.05, 0.1) is 11.3 Å². The second kappa shape index (κ2) is 6.11. The van der Waals surface area contributed by atoms with Crippen molar-refractivity contribution in [2.24, 2.45) is 0 Å². The van der Waals surface area contributed by atoms with Crippen LogP contribution in [0.2, 0.25) is 0 Å². The van der Waals surface area contributed by atoms with Gasteiger partial charge in [0.1, 0.15) is 5.75 Å². The molecule has 0 spiro atoms. The predicted octanol–water partition coefficient (Wildman–Crippen LogP) is 0.920. The quantitative estimate of drug-likeness (QED) is 0.833. The van der Waals surface area contributed by atoms with Crippen molar-refractivity contribution in [1.82, 2.24) is 9.62 Å². The van der Waals surface area contributed by atoms with E-state index in [4.69, 9.17) is 0 Å². The second-order valence-electron chi connectivity index (χ2n) is 4.49. The van der Waals surface area contributed by atoms with Gasteiger partial charge in [0.2, 0.25) is 10.0 Å². The van der Waals surface area contributed by atoms with Crippen LogP contribution in [0.5, 0.6) is 5.75 Å². The summed E-state index contributed by atoms with van der Waals surface area (Å²) in [4.78, 5) is 11.9. The summed E-state index contributed by atoms with van der Waals surface area (Å²) in [7, 11) is -3.14. The van der Waals surface area contributed by atoms with E-state index in [-0.39, 0.29) is 30.2 Å². The molecule has 8 heteroatoms. The number of nitrogens with zero attached hydrogens (tertiary/aromatic N) is 1. The Kier molecular flexibility index (Phi) is 4.66. The number of rotatable bonds is 4. The topological polar surface area (TPSA) is 86.7 Å². The normalized spacial score (nSPS) is 18.1. The molecule has 0 aliphatic carbocycles. The molecule has 0 saturated carbocycles. The Labute approximate surface area is 126 Å². The van der Waals surface area contributed by atoms with Crippen LogP contribution in [-0.2, 0) is 10.0 Å². The predicted molar refractivity (Wildman–Crippen MR) is 78.1 cm³/mol. The highest BCUT2D eigenvalue weighted by molar-refractivity contribution is 9.10. The van der Waals surface area contributed by atoms with Crippen molar-refractivity contribution < 1.29 is 18.3 Å². The van der Waals surface area contributed by atoms with Gasteiger partial charge in [-0.15, -0.1) is 0 Å². The van der Waals surface area contributed by atoms with E-state index in [0.717, 1.165) is 0 Å². The van der Waals surface area contributed by atoms with Gasteiger partial charge in [0.15, 0.2) is 0 Å². The fourth-order valence-corrected chi connectivity index (χ4v) is 3.91. The van der Waals surface area contributed by atoms with Gasteiger partial charge in [-0.2, -0.15) is 0 Å². The minimum Gasteiger partial charge on any atom is -0.507 e. The highest BCUT2D eigenvalue weighted by Crippen LogP contribution is 2.22. The van der Waals surface area contributed by atoms with Gasteiger partial charge in [-0.25, -0.2) is 12.7 Å². The van der Waals surface area contributed by atoms with Crippen molar-refractivity contribution in [1.29, 1.82) is 0 Å². The van der Waals surface area contributed by atoms with E-state index in [1.165, 1.54) is 16.4 Å². The van der Waals surface area contributed by atoms with Crippen molar-refractivity contribution in [3.8, 4) is 5.75 Å². The van der Waals surface area contributed by atoms with Crippen LogP contribution in [0.3, 0.4) is 0 Å². The molecule has 1 aliphatic heterocycles. The van der Waals surface area contributed by atoms with Gasteiger partial charge in [-0.05, 0) is 24.6 Å². The molecule has 1 heterocycles. The number of halogens is 1. The maximum atomic E-state index is 11.9. The second-order valence-corrected chi connectivity index (χ2v) is 7.49. The molecule has 1 aromatic carbocycles. The highest BCUT2D eigenvalue weighted by atomic mass is 79.9. The molecule has 2 rings (SSSR count). The average Bonchev–Trinajstić information content (AvgIpc) is 2.68. The molecule has 1 aliphatic rings. The summed E-state index contributed by atoms with van der Waals surface area (Å²) in [6.45, 7) is 0.973. The van der Waals surface area contributed by atoms with E-state index < -0.39 is 15.9 Å². The number of nitrogens with one attached hydrogen (secondary N) is 1. The lowest BCUT2D eigenvalue weighted by molar-refractivity contribution is 0.0949. The Morgan fingerprint density at radius 2 is 2.20 bits per heavy atom. The molecular formula is C12H15BrN2O4S. The number of hydrogen-bond donors (Lipinski definition) is 2. The van der Waals surface area contributed by atoms with Crippen molar-refractivity contribution in [3.05, 3.63) is 28.2 Å². The SMILES string of the molecule is O=C(NCCN1CCCS1(=O)=O)c1ccc(Br)cc1O. The third kappa shape index (κ3) is 3.50. The summed E-state index contributed by atoms with van der Waals surface area (Å²) in [6, 6.07) is 4.58. The average molecular weight is 363 g/mol. The summed E-state index contributed by atoms with van der Waals surface area (Å²) in [6.07, 6.45) is 0.629. The van der Waals surface area contributed by atoms with E-state index in [1.54, 1.807) is 6.07 Å². The molecule has 0 unspecified atom stereocenters. The molecular weight excluding hydrogens is 348 g/mol. The standard InChI is InChI=1S/C12H15BrN2O4S/c13-9-2-3-10(11(16)8-9)12(17)14-4-6-15-5-1-7-20(15,18)19/h2-3,8,16H,1,4-7H2,(H,14,17). The van der Waals surface area contributed by atoms with Crippen LogP contribution in [0.25, 0.3) is 0 Å². The van der Waals surface area contributed by atoms with Crippen LogP contribution in [0.15, 0.2) is 22.7 Å². The van der Waals surface area contributed by atoms with E-state index >= 15 is 0 Å². The summed E-state index contributed by atoms with van der Waals surface area (Å²) < 4.78 is 25.2. The van der Waals surface area contributed by atoms with Crippen molar-refractivity contribution in [2.75, 3.05) is 25.4 Å². The van der Waals surface area contributed by atoms with Crippen LogP contribution in [0, 0.1) is 0 Å². The van der Waals surface area contributed by atoms with Gasteiger partial charge in [-0.3, -0.25) is 4.79 Å². The number of amides is 1. The molecule has 20 heavy (non-hydrogen) atoms. The number of benzene rings is 1. The summed E-state index contributed by atoms with van der Waals surface area (Å²) in [5.74, 6) is -0.369. The first-order chi connectivity index (χ1) is 9.40. The molecule has 6 nitrogen and oxygen atoms in total. The highest BCUT2D eigenvalue weighted by Gasteiger charge is 2.27. The van der Waals surface area contributed by atoms with E-state index in [1.807, 2.05) is 0 Å². The minimum atomic E-state index is -3.14. The molecule has 1 aromatic rings. The largest absolute Gasteiger partial charge is 0.507 e. The maximum absolute atomic E-state index is 11.9. The molecule has 1 saturated heterocycles. The monoisotopic (exact) mass is 362 g/mol. The molecule has 0 aromatic heterocycles. The number of aromatic hydroxyl groups is 1. The molecule has 0 bridgehead atoms. The zero-order valence-electron chi connectivity index (χ0n) is 10.7. The van der Waals surface area contributed by atoms with Gasteiger partial charge < -0.3 is 10.4 Å². The summed E-state index contributed by atoms with van der Waals surface area (Å²) >= 11 is 3.19. The van der Waals surface area contributed by atoms with E-state index in [2.05, 4.69) is 21.2 Å². The Bertz CT molecular complexity index is 618. The number of carbonyl (C=O) groups excluding carboxylic acids is 1. The van der Waals surface area contributed by atoms with Gasteiger partial charge in [0, 0.05) is 24.1 Å². The first-order valence-corrected chi connectivity index (χ1v) is 8.55. The third-order valence-electron chi connectivity index (χ3n) is 3.05. The van der Waals surface area contributed by atoms with Gasteiger partial charge in [-0.1, -0.05) is 15.9 Å². The zero-order chi connectivity index (χ0) is 14.8. The lowest BCUT2D eigenvalue weighted by atomic mass is 10.2. The van der Waals surface area contributed by atoms with Gasteiger partial charge >= 0.3 is 0 Å². The van der Waals surface area contributed by atoms with E-state index in [0.29, 0.717) is 17.4 Å².